The van der Waals surface area contributed by atoms with Crippen molar-refractivity contribution in [2.24, 2.45) is 23.2 Å². The molecule has 0 spiro atoms. The maximum absolute atomic E-state index is 13.2. The summed E-state index contributed by atoms with van der Waals surface area (Å²) in [5.74, 6) is 1.89. The SMILES string of the molecule is Cc1cnc(NC(=O)CC[C@@H]2CC(=O)[C@@]3(C)CCC4c5ccc(OS(C)(=O)=O)cc5CCC4C23)s1. The van der Waals surface area contributed by atoms with Crippen LogP contribution in [0.25, 0.3) is 0 Å². The number of anilines is 1. The van der Waals surface area contributed by atoms with Crippen molar-refractivity contribution in [1.29, 1.82) is 0 Å². The molecule has 0 bridgehead atoms. The van der Waals surface area contributed by atoms with Gasteiger partial charge in [-0.25, -0.2) is 4.98 Å². The fourth-order valence-corrected chi connectivity index (χ4v) is 8.15. The summed E-state index contributed by atoms with van der Waals surface area (Å²) in [7, 11) is -3.57. The molecule has 7 nitrogen and oxygen atoms in total. The number of amides is 1. The van der Waals surface area contributed by atoms with Crippen molar-refractivity contribution in [3.8, 4) is 5.75 Å². The van der Waals surface area contributed by atoms with E-state index in [0.29, 0.717) is 47.8 Å². The maximum Gasteiger partial charge on any atom is 0.306 e. The molecule has 1 aromatic carbocycles. The Morgan fingerprint density at radius 3 is 2.83 bits per heavy atom. The van der Waals surface area contributed by atoms with Gasteiger partial charge in [0.05, 0.1) is 6.26 Å². The molecule has 1 aromatic heterocycles. The quantitative estimate of drug-likeness (QED) is 0.550. The fourth-order valence-electron chi connectivity index (χ4n) is 7.02. The monoisotopic (exact) mass is 516 g/mol. The van der Waals surface area contributed by atoms with Gasteiger partial charge in [-0.15, -0.1) is 11.3 Å². The van der Waals surface area contributed by atoms with E-state index >= 15 is 0 Å². The maximum atomic E-state index is 13.2. The predicted molar refractivity (Wildman–Crippen MR) is 135 cm³/mol. The third kappa shape index (κ3) is 4.77. The Morgan fingerprint density at radius 2 is 2.11 bits per heavy atom. The Labute approximate surface area is 210 Å². The number of carbonyl (C=O) groups is 2. The van der Waals surface area contributed by atoms with Crippen LogP contribution in [0, 0.1) is 30.1 Å². The van der Waals surface area contributed by atoms with E-state index in [9.17, 15) is 18.0 Å². The Morgan fingerprint density at radius 1 is 1.31 bits per heavy atom. The molecule has 3 aliphatic rings. The Kier molecular flexibility index (Phi) is 6.28. The third-order valence-corrected chi connectivity index (χ3v) is 9.72. The van der Waals surface area contributed by atoms with E-state index in [-0.39, 0.29) is 23.2 Å². The lowest BCUT2D eigenvalue weighted by atomic mass is 9.54. The molecule has 188 valence electrons. The summed E-state index contributed by atoms with van der Waals surface area (Å²) >= 11 is 1.46. The molecule has 0 radical (unpaired) electrons. The van der Waals surface area contributed by atoms with Gasteiger partial charge in [0.2, 0.25) is 5.91 Å². The minimum absolute atomic E-state index is 0.0415. The second-order valence-corrected chi connectivity index (χ2v) is 13.5. The molecule has 0 aliphatic heterocycles. The van der Waals surface area contributed by atoms with Crippen LogP contribution in [0.4, 0.5) is 5.13 Å². The van der Waals surface area contributed by atoms with Gasteiger partial charge in [0, 0.05) is 29.3 Å². The van der Waals surface area contributed by atoms with Crippen molar-refractivity contribution in [3.05, 3.63) is 40.4 Å². The van der Waals surface area contributed by atoms with Crippen molar-refractivity contribution in [2.45, 2.75) is 64.7 Å². The van der Waals surface area contributed by atoms with Crippen LogP contribution in [0.15, 0.2) is 24.4 Å². The molecule has 2 fully saturated rings. The third-order valence-electron chi connectivity index (χ3n) is 8.40. The molecule has 35 heavy (non-hydrogen) atoms. The number of aryl methyl sites for hydroxylation is 2. The lowest BCUT2D eigenvalue weighted by molar-refractivity contribution is -0.129. The van der Waals surface area contributed by atoms with Crippen molar-refractivity contribution in [2.75, 3.05) is 11.6 Å². The van der Waals surface area contributed by atoms with E-state index in [1.165, 1.54) is 16.9 Å². The zero-order valence-corrected chi connectivity index (χ0v) is 22.0. The lowest BCUT2D eigenvalue weighted by Gasteiger charge is -2.50. The number of carbonyl (C=O) groups excluding carboxylic acids is 2. The Balaban J connectivity index is 1.33. The molecule has 2 aromatic rings. The van der Waals surface area contributed by atoms with Gasteiger partial charge in [0.15, 0.2) is 5.13 Å². The van der Waals surface area contributed by atoms with Gasteiger partial charge >= 0.3 is 10.1 Å². The number of fused-ring (bicyclic) bond motifs is 5. The van der Waals surface area contributed by atoms with E-state index in [1.54, 1.807) is 12.3 Å². The number of rotatable bonds is 6. The molecule has 1 N–H and O–H groups in total. The highest BCUT2D eigenvalue weighted by Gasteiger charge is 2.58. The number of hydrogen-bond donors (Lipinski definition) is 1. The van der Waals surface area contributed by atoms with E-state index in [2.05, 4.69) is 17.2 Å². The summed E-state index contributed by atoms with van der Waals surface area (Å²) in [6.45, 7) is 4.10. The first-order valence-electron chi connectivity index (χ1n) is 12.3. The molecule has 5 atom stereocenters. The van der Waals surface area contributed by atoms with Crippen molar-refractivity contribution in [3.63, 3.8) is 0 Å². The number of thiazole rings is 1. The van der Waals surface area contributed by atoms with E-state index in [4.69, 9.17) is 4.18 Å². The van der Waals surface area contributed by atoms with Crippen LogP contribution >= 0.6 is 11.3 Å². The van der Waals surface area contributed by atoms with Crippen LogP contribution in [0.5, 0.6) is 5.75 Å². The van der Waals surface area contributed by atoms with E-state index < -0.39 is 10.1 Å². The van der Waals surface area contributed by atoms with Crippen LogP contribution in [0.3, 0.4) is 0 Å². The van der Waals surface area contributed by atoms with Crippen molar-refractivity contribution < 1.29 is 22.2 Å². The minimum Gasteiger partial charge on any atom is -0.383 e. The smallest absolute Gasteiger partial charge is 0.306 e. The Bertz CT molecular complexity index is 1270. The average Bonchev–Trinajstić information content (AvgIpc) is 3.30. The summed E-state index contributed by atoms with van der Waals surface area (Å²) in [5.41, 5.74) is 2.10. The van der Waals surface area contributed by atoms with Gasteiger partial charge in [0.1, 0.15) is 11.5 Å². The van der Waals surface area contributed by atoms with Gasteiger partial charge < -0.3 is 9.50 Å². The standard InChI is InChI=1S/C26H32N2O5S2/c1-15-14-27-25(34-15)28-23(30)9-5-17-13-22(29)26(2)11-10-20-19-8-6-18(33-35(3,31)32)12-16(19)4-7-21(20)24(17)26/h6,8,12,14,17,20-21,24H,4-5,7,9-11,13H2,1-3H3,(H,27,28,30)/t17-,20?,21?,24?,26-/m1/s1. The number of benzene rings is 1. The molecule has 9 heteroatoms. The zero-order valence-electron chi connectivity index (χ0n) is 20.4. The molecule has 5 rings (SSSR count). The fraction of sp³-hybridized carbons (Fsp3) is 0.577. The van der Waals surface area contributed by atoms with Crippen LogP contribution in [-0.4, -0.2) is 31.3 Å². The van der Waals surface area contributed by atoms with Crippen LogP contribution < -0.4 is 9.50 Å². The largest absolute Gasteiger partial charge is 0.383 e. The first-order valence-corrected chi connectivity index (χ1v) is 14.9. The molecule has 1 heterocycles. The van der Waals surface area contributed by atoms with E-state index in [0.717, 1.165) is 42.4 Å². The first kappa shape index (κ1) is 24.4. The molecule has 1 amide bonds. The zero-order chi connectivity index (χ0) is 25.0. The molecule has 3 aliphatic carbocycles. The minimum atomic E-state index is -3.57. The molecule has 2 saturated carbocycles. The Hall–Kier alpha value is -2.26. The molecular formula is C26H32N2O5S2. The van der Waals surface area contributed by atoms with Crippen LogP contribution in [0.1, 0.15) is 67.4 Å². The molecular weight excluding hydrogens is 484 g/mol. The van der Waals surface area contributed by atoms with Gasteiger partial charge in [-0.1, -0.05) is 13.0 Å². The summed E-state index contributed by atoms with van der Waals surface area (Å²) in [6.07, 6.45) is 8.09. The average molecular weight is 517 g/mol. The topological polar surface area (TPSA) is 102 Å². The number of nitrogens with zero attached hydrogens (tertiary/aromatic N) is 1. The first-order chi connectivity index (χ1) is 16.5. The summed E-state index contributed by atoms with van der Waals surface area (Å²) in [4.78, 5) is 31.1. The van der Waals surface area contributed by atoms with Gasteiger partial charge in [0.25, 0.3) is 0 Å². The van der Waals surface area contributed by atoms with Gasteiger partial charge in [-0.3, -0.25) is 9.59 Å². The van der Waals surface area contributed by atoms with Crippen LogP contribution in [0.2, 0.25) is 0 Å². The highest BCUT2D eigenvalue weighted by Crippen LogP contribution is 2.62. The normalized spacial score (nSPS) is 29.7. The number of aromatic nitrogens is 1. The highest BCUT2D eigenvalue weighted by atomic mass is 32.2. The second kappa shape index (κ2) is 9.00. The molecule has 0 saturated heterocycles. The van der Waals surface area contributed by atoms with Gasteiger partial charge in [-0.2, -0.15) is 8.42 Å². The number of ketones is 1. The lowest BCUT2D eigenvalue weighted by Crippen LogP contribution is -2.44. The van der Waals surface area contributed by atoms with Crippen molar-refractivity contribution in [1.82, 2.24) is 4.98 Å². The number of nitrogens with one attached hydrogen (secondary N) is 1. The second-order valence-electron chi connectivity index (χ2n) is 10.7. The predicted octanol–water partition coefficient (Wildman–Crippen LogP) is 4.86. The highest BCUT2D eigenvalue weighted by molar-refractivity contribution is 7.86. The van der Waals surface area contributed by atoms with Crippen LogP contribution in [-0.2, 0) is 26.1 Å². The van der Waals surface area contributed by atoms with Gasteiger partial charge in [-0.05, 0) is 86.0 Å². The van der Waals surface area contributed by atoms with Crippen molar-refractivity contribution >= 4 is 38.3 Å². The summed E-state index contributed by atoms with van der Waals surface area (Å²) in [5, 5.41) is 3.52. The molecule has 3 unspecified atom stereocenters. The number of hydrogen-bond acceptors (Lipinski definition) is 7. The summed E-state index contributed by atoms with van der Waals surface area (Å²) < 4.78 is 28.2. The summed E-state index contributed by atoms with van der Waals surface area (Å²) in [6, 6.07) is 5.63. The number of Topliss-reactive ketones (excluding diaryl/α,β-unsaturated/α-hetero) is 1. The van der Waals surface area contributed by atoms with E-state index in [1.807, 2.05) is 19.1 Å².